The van der Waals surface area contributed by atoms with E-state index in [2.05, 4.69) is 21.4 Å². The van der Waals surface area contributed by atoms with Gasteiger partial charge in [0.1, 0.15) is 5.82 Å². The molecule has 5 heteroatoms. The number of nitrogens with one attached hydrogen (secondary N) is 1. The lowest BCUT2D eigenvalue weighted by Crippen LogP contribution is -2.21. The molecule has 0 amide bonds. The molecule has 0 spiro atoms. The Balaban J connectivity index is 3.08. The third kappa shape index (κ3) is 1.95. The van der Waals surface area contributed by atoms with Gasteiger partial charge < -0.3 is 0 Å². The van der Waals surface area contributed by atoms with Gasteiger partial charge in [0, 0.05) is 16.6 Å². The van der Waals surface area contributed by atoms with E-state index in [1.54, 1.807) is 12.1 Å². The molecule has 0 bridgehead atoms. The summed E-state index contributed by atoms with van der Waals surface area (Å²) in [7, 11) is 0. The van der Waals surface area contributed by atoms with Crippen molar-refractivity contribution in [3.05, 3.63) is 33.0 Å². The quantitative estimate of drug-likeness (QED) is 0.482. The van der Waals surface area contributed by atoms with Crippen LogP contribution in [0.4, 0.5) is 4.39 Å². The van der Waals surface area contributed by atoms with E-state index < -0.39 is 5.82 Å². The van der Waals surface area contributed by atoms with E-state index in [9.17, 15) is 4.39 Å². The summed E-state index contributed by atoms with van der Waals surface area (Å²) < 4.78 is 13.7. The van der Waals surface area contributed by atoms with Crippen LogP contribution in [-0.2, 0) is 6.54 Å². The van der Waals surface area contributed by atoms with E-state index in [-0.39, 0.29) is 11.6 Å². The van der Waals surface area contributed by atoms with Crippen molar-refractivity contribution < 1.29 is 4.39 Å². The van der Waals surface area contributed by atoms with Crippen molar-refractivity contribution >= 4 is 27.5 Å². The molecule has 0 unspecified atom stereocenters. The largest absolute Gasteiger partial charge is 0.271 e. The van der Waals surface area contributed by atoms with Crippen molar-refractivity contribution in [2.75, 3.05) is 0 Å². The summed E-state index contributed by atoms with van der Waals surface area (Å²) in [5.41, 5.74) is 2.81. The molecule has 0 atom stereocenters. The molecule has 0 aliphatic heterocycles. The number of hydrogen-bond donors (Lipinski definition) is 2. The number of nitrogens with two attached hydrogens (primary N) is 1. The summed E-state index contributed by atoms with van der Waals surface area (Å²) in [6.07, 6.45) is 0. The Labute approximate surface area is 83.0 Å². The molecule has 0 saturated carbocycles. The van der Waals surface area contributed by atoms with Crippen molar-refractivity contribution in [2.45, 2.75) is 6.54 Å². The lowest BCUT2D eigenvalue weighted by atomic mass is 10.2. The molecular formula is C7H7BrClFN2. The molecule has 2 nitrogen and oxygen atoms in total. The molecule has 1 aromatic carbocycles. The van der Waals surface area contributed by atoms with Gasteiger partial charge in [0.25, 0.3) is 0 Å². The minimum Gasteiger partial charge on any atom is -0.271 e. The zero-order valence-electron chi connectivity index (χ0n) is 6.07. The molecule has 1 aromatic rings. The van der Waals surface area contributed by atoms with Gasteiger partial charge in [-0.05, 0) is 22.0 Å². The van der Waals surface area contributed by atoms with Crippen molar-refractivity contribution in [2.24, 2.45) is 5.84 Å². The zero-order chi connectivity index (χ0) is 9.14. The highest BCUT2D eigenvalue weighted by Crippen LogP contribution is 2.27. The van der Waals surface area contributed by atoms with Gasteiger partial charge >= 0.3 is 0 Å². The highest BCUT2D eigenvalue weighted by Gasteiger charge is 2.08. The first kappa shape index (κ1) is 9.92. The second kappa shape index (κ2) is 4.18. The molecule has 12 heavy (non-hydrogen) atoms. The van der Waals surface area contributed by atoms with Crippen molar-refractivity contribution in [3.8, 4) is 0 Å². The number of rotatable bonds is 2. The second-order valence-corrected chi connectivity index (χ2v) is 3.45. The van der Waals surface area contributed by atoms with E-state index in [4.69, 9.17) is 17.4 Å². The van der Waals surface area contributed by atoms with E-state index >= 15 is 0 Å². The van der Waals surface area contributed by atoms with Gasteiger partial charge in [0.05, 0.1) is 5.02 Å². The van der Waals surface area contributed by atoms with Crippen LogP contribution in [0.2, 0.25) is 5.02 Å². The third-order valence-corrected chi connectivity index (χ3v) is 2.67. The minimum absolute atomic E-state index is 0.0859. The molecule has 0 heterocycles. The van der Waals surface area contributed by atoms with Gasteiger partial charge in [-0.25, -0.2) is 4.39 Å². The first-order chi connectivity index (χ1) is 5.66. The maximum Gasteiger partial charge on any atom is 0.147 e. The van der Waals surface area contributed by atoms with Crippen LogP contribution in [0.3, 0.4) is 0 Å². The Morgan fingerprint density at radius 2 is 2.25 bits per heavy atom. The summed E-state index contributed by atoms with van der Waals surface area (Å²) >= 11 is 8.74. The van der Waals surface area contributed by atoms with Crippen molar-refractivity contribution in [1.29, 1.82) is 0 Å². The van der Waals surface area contributed by atoms with Crippen LogP contribution in [-0.4, -0.2) is 0 Å². The zero-order valence-corrected chi connectivity index (χ0v) is 8.41. The standard InChI is InChI=1S/C7H7BrClFN2/c8-5-2-1-4(3-12-11)7(10)6(5)9/h1-2,12H,3,11H2. The summed E-state index contributed by atoms with van der Waals surface area (Å²) in [4.78, 5) is 0. The van der Waals surface area contributed by atoms with Crippen LogP contribution in [0.15, 0.2) is 16.6 Å². The summed E-state index contributed by atoms with van der Waals surface area (Å²) in [6.45, 7) is 0.263. The van der Waals surface area contributed by atoms with Gasteiger partial charge in [-0.1, -0.05) is 17.7 Å². The number of benzene rings is 1. The first-order valence-corrected chi connectivity index (χ1v) is 4.39. The van der Waals surface area contributed by atoms with Gasteiger partial charge in [-0.15, -0.1) is 0 Å². The fourth-order valence-electron chi connectivity index (χ4n) is 0.812. The Hall–Kier alpha value is -0.160. The van der Waals surface area contributed by atoms with Crippen LogP contribution < -0.4 is 11.3 Å². The molecule has 3 N–H and O–H groups in total. The smallest absolute Gasteiger partial charge is 0.147 e. The SMILES string of the molecule is NNCc1ccc(Br)c(Cl)c1F. The number of hydrogen-bond acceptors (Lipinski definition) is 2. The second-order valence-electron chi connectivity index (χ2n) is 2.22. The van der Waals surface area contributed by atoms with Crippen LogP contribution in [0, 0.1) is 5.82 Å². The number of halogens is 3. The van der Waals surface area contributed by atoms with E-state index in [1.165, 1.54) is 0 Å². The predicted molar refractivity (Wildman–Crippen MR) is 50.1 cm³/mol. The Morgan fingerprint density at radius 3 is 2.83 bits per heavy atom. The van der Waals surface area contributed by atoms with Crippen molar-refractivity contribution in [1.82, 2.24) is 5.43 Å². The Kier molecular flexibility index (Phi) is 3.46. The monoisotopic (exact) mass is 252 g/mol. The van der Waals surface area contributed by atoms with Gasteiger partial charge in [-0.2, -0.15) is 0 Å². The molecule has 0 aliphatic rings. The van der Waals surface area contributed by atoms with Crippen LogP contribution in [0.1, 0.15) is 5.56 Å². The molecule has 0 aromatic heterocycles. The highest BCUT2D eigenvalue weighted by atomic mass is 79.9. The molecule has 0 aliphatic carbocycles. The molecule has 1 rings (SSSR count). The molecule has 0 saturated heterocycles. The van der Waals surface area contributed by atoms with Crippen LogP contribution in [0.5, 0.6) is 0 Å². The summed E-state index contributed by atoms with van der Waals surface area (Å²) in [6, 6.07) is 3.29. The minimum atomic E-state index is -0.441. The average molecular weight is 254 g/mol. The highest BCUT2D eigenvalue weighted by molar-refractivity contribution is 9.10. The van der Waals surface area contributed by atoms with E-state index in [0.717, 1.165) is 0 Å². The van der Waals surface area contributed by atoms with Crippen LogP contribution >= 0.6 is 27.5 Å². The van der Waals surface area contributed by atoms with Gasteiger partial charge in [0.15, 0.2) is 0 Å². The lowest BCUT2D eigenvalue weighted by Gasteiger charge is -2.04. The van der Waals surface area contributed by atoms with Crippen LogP contribution in [0.25, 0.3) is 0 Å². The van der Waals surface area contributed by atoms with Crippen molar-refractivity contribution in [3.63, 3.8) is 0 Å². The van der Waals surface area contributed by atoms with Gasteiger partial charge in [0.2, 0.25) is 0 Å². The maximum atomic E-state index is 13.2. The van der Waals surface area contributed by atoms with E-state index in [1.807, 2.05) is 0 Å². The summed E-state index contributed by atoms with van der Waals surface area (Å²) in [5, 5.41) is 0.0859. The molecule has 0 fully saturated rings. The fraction of sp³-hybridized carbons (Fsp3) is 0.143. The lowest BCUT2D eigenvalue weighted by molar-refractivity contribution is 0.594. The first-order valence-electron chi connectivity index (χ1n) is 3.22. The maximum absolute atomic E-state index is 13.2. The summed E-state index contributed by atoms with van der Waals surface area (Å²) in [5.74, 6) is 4.61. The number of hydrazine groups is 1. The topological polar surface area (TPSA) is 38.0 Å². The normalized spacial score (nSPS) is 10.3. The fourth-order valence-corrected chi connectivity index (χ4v) is 1.30. The molecule has 66 valence electrons. The Bertz CT molecular complexity index is 293. The molecule has 0 radical (unpaired) electrons. The van der Waals surface area contributed by atoms with E-state index in [0.29, 0.717) is 10.0 Å². The molecular weight excluding hydrogens is 246 g/mol. The Morgan fingerprint density at radius 1 is 1.58 bits per heavy atom. The average Bonchev–Trinajstić information content (AvgIpc) is 2.07. The third-order valence-electron chi connectivity index (χ3n) is 1.41. The predicted octanol–water partition coefficient (Wildman–Crippen LogP) is 2.20. The van der Waals surface area contributed by atoms with Gasteiger partial charge in [-0.3, -0.25) is 11.3 Å².